The van der Waals surface area contributed by atoms with Gasteiger partial charge in [0.15, 0.2) is 0 Å². The van der Waals surface area contributed by atoms with Crippen molar-refractivity contribution in [2.75, 3.05) is 6.61 Å². The van der Waals surface area contributed by atoms with Crippen LogP contribution in [0.1, 0.15) is 17.2 Å². The second-order valence-electron chi connectivity index (χ2n) is 14.9. The first kappa shape index (κ1) is 34.3. The van der Waals surface area contributed by atoms with E-state index >= 15 is 0 Å². The van der Waals surface area contributed by atoms with Gasteiger partial charge in [0.2, 0.25) is 0 Å². The SMILES string of the molecule is Cc1nc2c3cc[nH]c(=O)c3c3ccccc3c2[nH]1.Cc1nc2c3ccn(COCC[Si](C)(C)C)c(=O)c3c3ccccc3c2n1Cc1ccccc1. The molecule has 9 aromatic rings. The number of fused-ring (bicyclic) bond motifs is 12. The largest absolute Gasteiger partial charge is 0.361 e. The van der Waals surface area contributed by atoms with Crippen LogP contribution in [-0.2, 0) is 18.0 Å². The third kappa shape index (κ3) is 6.34. The Morgan fingerprint density at radius 2 is 1.38 bits per heavy atom. The summed E-state index contributed by atoms with van der Waals surface area (Å²) in [7, 11) is -1.17. The van der Waals surface area contributed by atoms with Crippen molar-refractivity contribution in [3.8, 4) is 0 Å². The highest BCUT2D eigenvalue weighted by Gasteiger charge is 2.19. The van der Waals surface area contributed by atoms with Crippen molar-refractivity contribution in [1.82, 2.24) is 29.1 Å². The number of H-pyrrole nitrogens is 2. The van der Waals surface area contributed by atoms with Gasteiger partial charge in [0.25, 0.3) is 11.1 Å². The second kappa shape index (κ2) is 13.6. The summed E-state index contributed by atoms with van der Waals surface area (Å²) in [4.78, 5) is 41.3. The summed E-state index contributed by atoms with van der Waals surface area (Å²) in [6, 6.07) is 31.5. The first-order chi connectivity index (χ1) is 25.6. The first-order valence-electron chi connectivity index (χ1n) is 18.0. The molecule has 9 rings (SSSR count). The molecule has 0 aliphatic carbocycles. The Morgan fingerprint density at radius 1 is 0.717 bits per heavy atom. The van der Waals surface area contributed by atoms with Crippen LogP contribution in [0.25, 0.3) is 65.2 Å². The maximum absolute atomic E-state index is 13.6. The molecular formula is C43H42N6O3Si. The number of imidazole rings is 2. The minimum atomic E-state index is -1.17. The monoisotopic (exact) mass is 718 g/mol. The van der Waals surface area contributed by atoms with Gasteiger partial charge in [-0.3, -0.25) is 14.2 Å². The van der Waals surface area contributed by atoms with Gasteiger partial charge in [-0.1, -0.05) is 98.5 Å². The fourth-order valence-corrected chi connectivity index (χ4v) is 8.07. The van der Waals surface area contributed by atoms with Gasteiger partial charge in [0.1, 0.15) is 18.4 Å². The number of nitrogens with zero attached hydrogens (tertiary/aromatic N) is 4. The van der Waals surface area contributed by atoms with Crippen molar-refractivity contribution in [2.24, 2.45) is 0 Å². The Morgan fingerprint density at radius 3 is 2.11 bits per heavy atom. The number of ether oxygens (including phenoxy) is 1. The first-order valence-corrected chi connectivity index (χ1v) is 21.7. The van der Waals surface area contributed by atoms with Crippen molar-refractivity contribution in [2.45, 2.75) is 52.8 Å². The third-order valence-electron chi connectivity index (χ3n) is 9.94. The highest BCUT2D eigenvalue weighted by Crippen LogP contribution is 2.34. The highest BCUT2D eigenvalue weighted by atomic mass is 28.3. The number of hydrogen-bond acceptors (Lipinski definition) is 5. The summed E-state index contributed by atoms with van der Waals surface area (Å²) < 4.78 is 9.83. The summed E-state index contributed by atoms with van der Waals surface area (Å²) in [5, 5.41) is 7.20. The molecule has 10 heteroatoms. The standard InChI is InChI=1S/C28H31N3O2Si.C15H11N3O/c1-20-29-26-24-14-15-30(19-33-16-17-34(2,3)4)28(32)25(24)22-12-8-9-13-23(22)27(26)31(20)18-21-10-6-5-7-11-21;1-8-17-13-10-5-3-2-4-9(10)12-11(14(13)18-8)6-7-16-15(12)19/h5-15H,16-19H2,1-4H3;2-7H,1H3,(H,16,19)(H,17,18). The van der Waals surface area contributed by atoms with E-state index in [1.807, 2.05) is 80.7 Å². The van der Waals surface area contributed by atoms with Crippen LogP contribution in [0.4, 0.5) is 0 Å². The lowest BCUT2D eigenvalue weighted by atomic mass is 10.0. The topological polar surface area (TPSA) is 111 Å². The number of benzene rings is 5. The molecule has 0 unspecified atom stereocenters. The van der Waals surface area contributed by atoms with E-state index in [2.05, 4.69) is 69.5 Å². The number of aryl methyl sites for hydroxylation is 2. The van der Waals surface area contributed by atoms with Gasteiger partial charge in [0.05, 0.1) is 32.8 Å². The van der Waals surface area contributed by atoms with Gasteiger partial charge < -0.3 is 19.3 Å². The van der Waals surface area contributed by atoms with Crippen LogP contribution in [0.3, 0.4) is 0 Å². The molecule has 0 radical (unpaired) electrons. The Hall–Kier alpha value is -5.84. The lowest BCUT2D eigenvalue weighted by molar-refractivity contribution is 0.0851. The molecular weight excluding hydrogens is 677 g/mol. The van der Waals surface area contributed by atoms with Gasteiger partial charge in [0, 0.05) is 55.2 Å². The number of nitrogens with one attached hydrogen (secondary N) is 2. The lowest BCUT2D eigenvalue weighted by Gasteiger charge is -2.16. The average molecular weight is 719 g/mol. The lowest BCUT2D eigenvalue weighted by Crippen LogP contribution is -2.24. The van der Waals surface area contributed by atoms with Gasteiger partial charge in [-0.15, -0.1) is 0 Å². The molecule has 5 aromatic carbocycles. The van der Waals surface area contributed by atoms with Crippen LogP contribution in [0.2, 0.25) is 25.7 Å². The second-order valence-corrected chi connectivity index (χ2v) is 20.5. The molecule has 0 atom stereocenters. The summed E-state index contributed by atoms with van der Waals surface area (Å²) in [6.07, 6.45) is 3.52. The summed E-state index contributed by atoms with van der Waals surface area (Å²) in [5.41, 5.74) is 4.93. The van der Waals surface area contributed by atoms with E-state index in [1.165, 1.54) is 5.56 Å². The quantitative estimate of drug-likeness (QED) is 0.0971. The summed E-state index contributed by atoms with van der Waals surface area (Å²) in [5.74, 6) is 1.79. The summed E-state index contributed by atoms with van der Waals surface area (Å²) in [6.45, 7) is 12.6. The van der Waals surface area contributed by atoms with Gasteiger partial charge in [-0.25, -0.2) is 9.97 Å². The summed E-state index contributed by atoms with van der Waals surface area (Å²) >= 11 is 0. The number of rotatable bonds is 7. The molecule has 0 aliphatic rings. The molecule has 0 spiro atoms. The zero-order chi connectivity index (χ0) is 36.9. The molecule has 53 heavy (non-hydrogen) atoms. The molecule has 0 fully saturated rings. The maximum atomic E-state index is 13.6. The molecule has 2 N–H and O–H groups in total. The number of aromatic amines is 2. The highest BCUT2D eigenvalue weighted by molar-refractivity contribution is 6.76. The molecule has 0 amide bonds. The van der Waals surface area contributed by atoms with E-state index < -0.39 is 8.07 Å². The molecule has 4 aromatic heterocycles. The maximum Gasteiger partial charge on any atom is 0.261 e. The van der Waals surface area contributed by atoms with Crippen molar-refractivity contribution in [3.05, 3.63) is 141 Å². The Labute approximate surface area is 306 Å². The van der Waals surface area contributed by atoms with Crippen LogP contribution >= 0.6 is 0 Å². The van der Waals surface area contributed by atoms with E-state index in [1.54, 1.807) is 10.8 Å². The smallest absolute Gasteiger partial charge is 0.261 e. The molecule has 4 heterocycles. The van der Waals surface area contributed by atoms with Crippen molar-refractivity contribution >= 4 is 73.2 Å². The van der Waals surface area contributed by atoms with Crippen molar-refractivity contribution in [1.29, 1.82) is 0 Å². The Kier molecular flexibility index (Phi) is 8.80. The average Bonchev–Trinajstić information content (AvgIpc) is 3.70. The van der Waals surface area contributed by atoms with Crippen LogP contribution < -0.4 is 11.1 Å². The molecule has 9 nitrogen and oxygen atoms in total. The number of aromatic nitrogens is 6. The van der Waals surface area contributed by atoms with Gasteiger partial charge in [-0.05, 0) is 48.4 Å². The van der Waals surface area contributed by atoms with Crippen LogP contribution in [0.15, 0.2) is 113 Å². The van der Waals surface area contributed by atoms with E-state index in [0.717, 1.165) is 78.6 Å². The van der Waals surface area contributed by atoms with Gasteiger partial charge >= 0.3 is 0 Å². The Balaban J connectivity index is 0.000000176. The number of pyridine rings is 2. The Bertz CT molecular complexity index is 2930. The van der Waals surface area contributed by atoms with E-state index in [4.69, 9.17) is 9.72 Å². The van der Waals surface area contributed by atoms with E-state index in [-0.39, 0.29) is 17.8 Å². The van der Waals surface area contributed by atoms with Gasteiger partial charge in [-0.2, -0.15) is 0 Å². The molecule has 0 saturated heterocycles. The van der Waals surface area contributed by atoms with Crippen LogP contribution in [0, 0.1) is 13.8 Å². The fraction of sp³-hybridized carbons (Fsp3) is 0.209. The minimum absolute atomic E-state index is 0.0288. The molecule has 0 aliphatic heterocycles. The molecule has 0 bridgehead atoms. The van der Waals surface area contributed by atoms with Crippen molar-refractivity contribution in [3.63, 3.8) is 0 Å². The molecule has 0 saturated carbocycles. The third-order valence-corrected chi connectivity index (χ3v) is 11.6. The van der Waals surface area contributed by atoms with E-state index in [9.17, 15) is 9.59 Å². The van der Waals surface area contributed by atoms with Crippen LogP contribution in [-0.4, -0.2) is 43.8 Å². The normalized spacial score (nSPS) is 12.0. The predicted octanol–water partition coefficient (Wildman–Crippen LogP) is 9.04. The van der Waals surface area contributed by atoms with Crippen LogP contribution in [0.5, 0.6) is 0 Å². The predicted molar refractivity (Wildman–Crippen MR) is 220 cm³/mol. The fourth-order valence-electron chi connectivity index (χ4n) is 7.31. The zero-order valence-electron chi connectivity index (χ0n) is 30.7. The molecule has 266 valence electrons. The van der Waals surface area contributed by atoms with E-state index in [0.29, 0.717) is 17.4 Å². The zero-order valence-corrected chi connectivity index (χ0v) is 31.7. The minimum Gasteiger partial charge on any atom is -0.361 e. The number of hydrogen-bond donors (Lipinski definition) is 2. The van der Waals surface area contributed by atoms with Crippen molar-refractivity contribution < 1.29 is 4.74 Å².